The number of anilines is 1. The number of carbonyl (C=O) groups excluding carboxylic acids is 2. The van der Waals surface area contributed by atoms with E-state index in [0.717, 1.165) is 29.7 Å². The molecule has 0 bridgehead atoms. The number of amides is 1. The molecule has 2 aromatic heterocycles. The molecule has 4 rings (SSSR count). The van der Waals surface area contributed by atoms with E-state index in [4.69, 9.17) is 0 Å². The zero-order chi connectivity index (χ0) is 19.0. The van der Waals surface area contributed by atoms with Crippen molar-refractivity contribution in [2.45, 2.75) is 39.2 Å². The van der Waals surface area contributed by atoms with Crippen molar-refractivity contribution in [3.8, 4) is 0 Å². The van der Waals surface area contributed by atoms with Gasteiger partial charge in [0.2, 0.25) is 5.91 Å². The number of thiophene rings is 1. The fourth-order valence-corrected chi connectivity index (χ4v) is 4.59. The minimum Gasteiger partial charge on any atom is -0.326 e. The molecule has 0 atom stereocenters. The molecule has 1 N–H and O–H groups in total. The van der Waals surface area contributed by atoms with E-state index < -0.39 is 0 Å². The van der Waals surface area contributed by atoms with Crippen molar-refractivity contribution in [1.82, 2.24) is 9.55 Å². The van der Waals surface area contributed by atoms with E-state index in [1.807, 2.05) is 0 Å². The summed E-state index contributed by atoms with van der Waals surface area (Å²) in [5.41, 5.74) is 2.12. The highest BCUT2D eigenvalue weighted by Gasteiger charge is 2.21. The van der Waals surface area contributed by atoms with E-state index in [9.17, 15) is 14.4 Å². The van der Waals surface area contributed by atoms with Crippen molar-refractivity contribution in [3.63, 3.8) is 0 Å². The van der Waals surface area contributed by atoms with E-state index in [1.165, 1.54) is 15.8 Å². The van der Waals surface area contributed by atoms with Gasteiger partial charge in [0.15, 0.2) is 5.78 Å². The van der Waals surface area contributed by atoms with Crippen LogP contribution in [0.4, 0.5) is 5.69 Å². The predicted octanol–water partition coefficient (Wildman–Crippen LogP) is 3.18. The van der Waals surface area contributed by atoms with Gasteiger partial charge in [0.25, 0.3) is 5.56 Å². The maximum Gasteiger partial charge on any atom is 0.262 e. The largest absolute Gasteiger partial charge is 0.326 e. The Labute approximate surface area is 159 Å². The van der Waals surface area contributed by atoms with Gasteiger partial charge in [0.05, 0.1) is 18.3 Å². The maximum atomic E-state index is 12.9. The zero-order valence-electron chi connectivity index (χ0n) is 14.9. The van der Waals surface area contributed by atoms with Gasteiger partial charge in [-0.2, -0.15) is 0 Å². The molecule has 1 aromatic carbocycles. The highest BCUT2D eigenvalue weighted by atomic mass is 32.1. The van der Waals surface area contributed by atoms with E-state index in [1.54, 1.807) is 42.5 Å². The van der Waals surface area contributed by atoms with Crippen LogP contribution in [0.1, 0.15) is 40.6 Å². The van der Waals surface area contributed by atoms with Crippen LogP contribution in [0.5, 0.6) is 0 Å². The molecule has 27 heavy (non-hydrogen) atoms. The normalized spacial score (nSPS) is 12.9. The number of benzene rings is 1. The number of nitrogens with zero attached hydrogens (tertiary/aromatic N) is 2. The number of carbonyl (C=O) groups is 2. The van der Waals surface area contributed by atoms with Crippen molar-refractivity contribution in [2.75, 3.05) is 5.32 Å². The van der Waals surface area contributed by atoms with Gasteiger partial charge in [0, 0.05) is 22.5 Å². The molecular weight excluding hydrogens is 362 g/mol. The molecule has 0 fully saturated rings. The average molecular weight is 381 g/mol. The molecule has 7 heteroatoms. The number of Topliss-reactive ketones (excluding diaryl/α,β-unsaturated/α-hetero) is 1. The van der Waals surface area contributed by atoms with Gasteiger partial charge in [0.1, 0.15) is 4.83 Å². The van der Waals surface area contributed by atoms with E-state index in [0.29, 0.717) is 23.1 Å². The van der Waals surface area contributed by atoms with E-state index >= 15 is 0 Å². The van der Waals surface area contributed by atoms with E-state index in [2.05, 4.69) is 10.3 Å². The minimum atomic E-state index is -0.168. The summed E-state index contributed by atoms with van der Waals surface area (Å²) in [4.78, 5) is 43.3. The summed E-state index contributed by atoms with van der Waals surface area (Å²) in [6.07, 6.45) is 4.85. The third-order valence-corrected chi connectivity index (χ3v) is 6.02. The molecule has 1 aliphatic carbocycles. The number of fused-ring (bicyclic) bond motifs is 3. The highest BCUT2D eigenvalue weighted by Crippen LogP contribution is 2.34. The molecule has 138 valence electrons. The monoisotopic (exact) mass is 381 g/mol. The predicted molar refractivity (Wildman–Crippen MR) is 106 cm³/mol. The molecule has 0 saturated carbocycles. The van der Waals surface area contributed by atoms with Gasteiger partial charge in [-0.15, -0.1) is 11.3 Å². The highest BCUT2D eigenvalue weighted by molar-refractivity contribution is 7.18. The number of hydrogen-bond donors (Lipinski definition) is 1. The summed E-state index contributed by atoms with van der Waals surface area (Å²) >= 11 is 1.59. The third kappa shape index (κ3) is 3.30. The smallest absolute Gasteiger partial charge is 0.262 e. The topological polar surface area (TPSA) is 81.1 Å². The van der Waals surface area contributed by atoms with Gasteiger partial charge >= 0.3 is 0 Å². The molecular formula is C20H19N3O3S. The Balaban J connectivity index is 1.57. The molecule has 0 spiro atoms. The number of ketones is 1. The van der Waals surface area contributed by atoms with Crippen molar-refractivity contribution in [1.29, 1.82) is 0 Å². The first-order valence-electron chi connectivity index (χ1n) is 8.99. The maximum absolute atomic E-state index is 12.9. The van der Waals surface area contributed by atoms with Crippen molar-refractivity contribution < 1.29 is 9.59 Å². The summed E-state index contributed by atoms with van der Waals surface area (Å²) in [5.74, 6) is -0.248. The van der Waals surface area contributed by atoms with Crippen LogP contribution in [0, 0.1) is 0 Å². The molecule has 2 heterocycles. The Hall–Kier alpha value is -2.80. The van der Waals surface area contributed by atoms with Crippen LogP contribution >= 0.6 is 11.3 Å². The number of rotatable bonds is 5. The molecule has 0 radical (unpaired) electrons. The molecule has 1 aliphatic rings. The van der Waals surface area contributed by atoms with Gasteiger partial charge in [-0.1, -0.05) is 6.92 Å². The molecule has 6 nitrogen and oxygen atoms in total. The minimum absolute atomic E-state index is 0.0486. The SMILES string of the molecule is CCC(=O)Nc1ccc(C(=O)Cn2cnc3sc4c(c3c2=O)CCC4)cc1. The summed E-state index contributed by atoms with van der Waals surface area (Å²) in [6, 6.07) is 6.70. The Morgan fingerprint density at radius 3 is 2.74 bits per heavy atom. The first-order valence-corrected chi connectivity index (χ1v) is 9.81. The Bertz CT molecular complexity index is 1100. The second-order valence-corrected chi connectivity index (χ2v) is 7.70. The van der Waals surface area contributed by atoms with Crippen LogP contribution in [-0.4, -0.2) is 21.2 Å². The molecule has 0 saturated heterocycles. The zero-order valence-corrected chi connectivity index (χ0v) is 15.8. The van der Waals surface area contributed by atoms with Gasteiger partial charge in [-0.05, 0) is 49.1 Å². The summed E-state index contributed by atoms with van der Waals surface area (Å²) in [7, 11) is 0. The average Bonchev–Trinajstić information content (AvgIpc) is 3.25. The van der Waals surface area contributed by atoms with Crippen molar-refractivity contribution in [2.24, 2.45) is 0 Å². The Morgan fingerprint density at radius 1 is 1.22 bits per heavy atom. The van der Waals surface area contributed by atoms with Crippen LogP contribution in [0.3, 0.4) is 0 Å². The Morgan fingerprint density at radius 2 is 2.00 bits per heavy atom. The molecule has 1 amide bonds. The van der Waals surface area contributed by atoms with E-state index in [-0.39, 0.29) is 23.8 Å². The quantitative estimate of drug-likeness (QED) is 0.688. The van der Waals surface area contributed by atoms with Gasteiger partial charge < -0.3 is 5.32 Å². The standard InChI is InChI=1S/C20H19N3O3S/c1-2-17(25)22-13-8-6-12(7-9-13)15(24)10-23-11-21-19-18(20(23)26)14-4-3-5-16(14)27-19/h6-9,11H,2-5,10H2,1H3,(H,22,25). The van der Waals surface area contributed by atoms with Crippen LogP contribution in [0.25, 0.3) is 10.2 Å². The number of aromatic nitrogens is 2. The fourth-order valence-electron chi connectivity index (χ4n) is 3.37. The number of aryl methyl sites for hydroxylation is 2. The lowest BCUT2D eigenvalue weighted by Gasteiger charge is -2.07. The lowest BCUT2D eigenvalue weighted by Crippen LogP contribution is -2.24. The van der Waals surface area contributed by atoms with Crippen LogP contribution in [0.15, 0.2) is 35.4 Å². The first kappa shape index (κ1) is 17.6. The molecule has 0 aliphatic heterocycles. The number of hydrogen-bond acceptors (Lipinski definition) is 5. The fraction of sp³-hybridized carbons (Fsp3) is 0.300. The van der Waals surface area contributed by atoms with Crippen LogP contribution < -0.4 is 10.9 Å². The van der Waals surface area contributed by atoms with Crippen molar-refractivity contribution >= 4 is 38.9 Å². The second kappa shape index (κ2) is 7.08. The third-order valence-electron chi connectivity index (χ3n) is 4.82. The summed E-state index contributed by atoms with van der Waals surface area (Å²) in [5, 5.41) is 3.42. The van der Waals surface area contributed by atoms with Crippen molar-refractivity contribution in [3.05, 3.63) is 57.0 Å². The molecule has 3 aromatic rings. The van der Waals surface area contributed by atoms with Crippen LogP contribution in [-0.2, 0) is 24.2 Å². The van der Waals surface area contributed by atoms with Gasteiger partial charge in [-0.3, -0.25) is 19.0 Å². The second-order valence-electron chi connectivity index (χ2n) is 6.62. The summed E-state index contributed by atoms with van der Waals surface area (Å²) in [6.45, 7) is 1.73. The lowest BCUT2D eigenvalue weighted by atomic mass is 10.1. The first-order chi connectivity index (χ1) is 13.1. The summed E-state index contributed by atoms with van der Waals surface area (Å²) < 4.78 is 1.39. The number of nitrogens with one attached hydrogen (secondary N) is 1. The van der Waals surface area contributed by atoms with Gasteiger partial charge in [-0.25, -0.2) is 4.98 Å². The molecule has 0 unspecified atom stereocenters. The Kier molecular flexibility index (Phi) is 4.61. The van der Waals surface area contributed by atoms with Crippen LogP contribution in [0.2, 0.25) is 0 Å². The lowest BCUT2D eigenvalue weighted by molar-refractivity contribution is -0.115.